The van der Waals surface area contributed by atoms with Crippen LogP contribution in [0.15, 0.2) is 36.4 Å². The molecular formula is C16H17N3. The van der Waals surface area contributed by atoms with Gasteiger partial charge in [0.2, 0.25) is 0 Å². The molecule has 0 radical (unpaired) electrons. The normalized spacial score (nSPS) is 11.1. The third kappa shape index (κ3) is 2.08. The van der Waals surface area contributed by atoms with Crippen molar-refractivity contribution >= 4 is 16.7 Å². The fraction of sp³-hybridized carbons (Fsp3) is 0.188. The van der Waals surface area contributed by atoms with E-state index < -0.39 is 0 Å². The van der Waals surface area contributed by atoms with Crippen molar-refractivity contribution in [1.29, 1.82) is 0 Å². The van der Waals surface area contributed by atoms with Crippen molar-refractivity contribution in [1.82, 2.24) is 9.97 Å². The number of aryl methyl sites for hydroxylation is 2. The third-order valence-corrected chi connectivity index (χ3v) is 3.51. The van der Waals surface area contributed by atoms with Crippen LogP contribution >= 0.6 is 0 Å². The summed E-state index contributed by atoms with van der Waals surface area (Å²) in [5.74, 6) is 0.870. The molecular weight excluding hydrogens is 234 g/mol. The van der Waals surface area contributed by atoms with Gasteiger partial charge in [0.05, 0.1) is 11.0 Å². The number of aromatic nitrogens is 2. The molecule has 0 atom stereocenters. The Kier molecular flexibility index (Phi) is 2.75. The molecule has 0 saturated heterocycles. The van der Waals surface area contributed by atoms with E-state index in [1.807, 2.05) is 25.1 Å². The molecule has 0 aliphatic rings. The SMILES string of the molecule is CCc1ccc2nc(-c3ccc(C)c(N)c3)[nH]c2c1. The van der Waals surface area contributed by atoms with Gasteiger partial charge in [-0.2, -0.15) is 0 Å². The van der Waals surface area contributed by atoms with Gasteiger partial charge in [-0.1, -0.05) is 25.1 Å². The number of benzene rings is 2. The van der Waals surface area contributed by atoms with Crippen molar-refractivity contribution in [3.8, 4) is 11.4 Å². The van der Waals surface area contributed by atoms with Crippen molar-refractivity contribution in [2.24, 2.45) is 0 Å². The Morgan fingerprint density at radius 1 is 1.16 bits per heavy atom. The molecule has 0 saturated carbocycles. The summed E-state index contributed by atoms with van der Waals surface area (Å²) in [6, 6.07) is 12.4. The summed E-state index contributed by atoms with van der Waals surface area (Å²) in [6.45, 7) is 4.16. The highest BCUT2D eigenvalue weighted by atomic mass is 14.9. The third-order valence-electron chi connectivity index (χ3n) is 3.51. The molecule has 3 rings (SSSR count). The summed E-state index contributed by atoms with van der Waals surface area (Å²) in [5, 5.41) is 0. The van der Waals surface area contributed by atoms with Gasteiger partial charge in [0, 0.05) is 11.3 Å². The van der Waals surface area contributed by atoms with Crippen LogP contribution in [0.2, 0.25) is 0 Å². The first-order chi connectivity index (χ1) is 9.17. The number of nitrogens with zero attached hydrogens (tertiary/aromatic N) is 1. The van der Waals surface area contributed by atoms with Crippen LogP contribution in [0, 0.1) is 6.92 Å². The zero-order valence-electron chi connectivity index (χ0n) is 11.2. The average Bonchev–Trinajstić information content (AvgIpc) is 2.84. The van der Waals surface area contributed by atoms with Crippen molar-refractivity contribution in [3.63, 3.8) is 0 Å². The number of hydrogen-bond donors (Lipinski definition) is 2. The lowest BCUT2D eigenvalue weighted by atomic mass is 10.1. The summed E-state index contributed by atoms with van der Waals surface area (Å²) in [4.78, 5) is 7.98. The molecule has 2 aromatic carbocycles. The number of H-pyrrole nitrogens is 1. The molecule has 3 heteroatoms. The van der Waals surface area contributed by atoms with Crippen molar-refractivity contribution < 1.29 is 0 Å². The lowest BCUT2D eigenvalue weighted by Crippen LogP contribution is -1.90. The number of anilines is 1. The highest BCUT2D eigenvalue weighted by molar-refractivity contribution is 5.80. The second-order valence-corrected chi connectivity index (χ2v) is 4.86. The molecule has 0 unspecified atom stereocenters. The number of nitrogens with one attached hydrogen (secondary N) is 1. The Labute approximate surface area is 112 Å². The van der Waals surface area contributed by atoms with Crippen LogP contribution in [-0.2, 0) is 6.42 Å². The van der Waals surface area contributed by atoms with Gasteiger partial charge in [0.1, 0.15) is 5.82 Å². The quantitative estimate of drug-likeness (QED) is 0.682. The van der Waals surface area contributed by atoms with Gasteiger partial charge < -0.3 is 10.7 Å². The van der Waals surface area contributed by atoms with Gasteiger partial charge in [-0.25, -0.2) is 4.98 Å². The molecule has 19 heavy (non-hydrogen) atoms. The van der Waals surface area contributed by atoms with Gasteiger partial charge >= 0.3 is 0 Å². The Balaban J connectivity index is 2.11. The summed E-state index contributed by atoms with van der Waals surface area (Å²) in [5.41, 5.74) is 12.3. The van der Waals surface area contributed by atoms with Gasteiger partial charge in [-0.3, -0.25) is 0 Å². The fourth-order valence-electron chi connectivity index (χ4n) is 2.20. The molecule has 96 valence electrons. The Hall–Kier alpha value is -2.29. The summed E-state index contributed by atoms with van der Waals surface area (Å²) in [7, 11) is 0. The number of nitrogens with two attached hydrogens (primary N) is 1. The zero-order valence-corrected chi connectivity index (χ0v) is 11.2. The number of rotatable bonds is 2. The van der Waals surface area contributed by atoms with E-state index in [2.05, 4.69) is 35.1 Å². The lowest BCUT2D eigenvalue weighted by Gasteiger charge is -2.01. The van der Waals surface area contributed by atoms with Crippen LogP contribution < -0.4 is 5.73 Å². The van der Waals surface area contributed by atoms with Crippen LogP contribution in [0.5, 0.6) is 0 Å². The smallest absolute Gasteiger partial charge is 0.138 e. The van der Waals surface area contributed by atoms with Gasteiger partial charge in [-0.05, 0) is 42.7 Å². The summed E-state index contributed by atoms with van der Waals surface area (Å²) >= 11 is 0. The molecule has 0 fully saturated rings. The zero-order chi connectivity index (χ0) is 13.4. The first kappa shape index (κ1) is 11.8. The van der Waals surface area contributed by atoms with Crippen molar-refractivity contribution in [3.05, 3.63) is 47.5 Å². The van der Waals surface area contributed by atoms with Crippen LogP contribution in [0.3, 0.4) is 0 Å². The maximum absolute atomic E-state index is 5.96. The molecule has 0 bridgehead atoms. The second-order valence-electron chi connectivity index (χ2n) is 4.86. The van der Waals surface area contributed by atoms with Gasteiger partial charge in [0.15, 0.2) is 0 Å². The van der Waals surface area contributed by atoms with Crippen LogP contribution in [0.4, 0.5) is 5.69 Å². The predicted octanol–water partition coefficient (Wildman–Crippen LogP) is 3.68. The molecule has 0 amide bonds. The number of nitrogen functional groups attached to an aromatic ring is 1. The van der Waals surface area contributed by atoms with Crippen LogP contribution in [-0.4, -0.2) is 9.97 Å². The van der Waals surface area contributed by atoms with E-state index in [0.29, 0.717) is 0 Å². The largest absolute Gasteiger partial charge is 0.398 e. The van der Waals surface area contributed by atoms with E-state index in [4.69, 9.17) is 5.73 Å². The van der Waals surface area contributed by atoms with E-state index in [1.165, 1.54) is 5.56 Å². The molecule has 0 aliphatic heterocycles. The Morgan fingerprint density at radius 3 is 2.74 bits per heavy atom. The van der Waals surface area contributed by atoms with E-state index >= 15 is 0 Å². The highest BCUT2D eigenvalue weighted by Crippen LogP contribution is 2.24. The molecule has 0 spiro atoms. The monoisotopic (exact) mass is 251 g/mol. The Morgan fingerprint density at radius 2 is 2.00 bits per heavy atom. The maximum Gasteiger partial charge on any atom is 0.138 e. The minimum atomic E-state index is 0.798. The minimum Gasteiger partial charge on any atom is -0.398 e. The molecule has 3 aromatic rings. The summed E-state index contributed by atoms with van der Waals surface area (Å²) < 4.78 is 0. The minimum absolute atomic E-state index is 0.798. The van der Waals surface area contributed by atoms with E-state index in [9.17, 15) is 0 Å². The molecule has 3 nitrogen and oxygen atoms in total. The molecule has 1 heterocycles. The average molecular weight is 251 g/mol. The van der Waals surface area contributed by atoms with E-state index in [1.54, 1.807) is 0 Å². The van der Waals surface area contributed by atoms with Crippen molar-refractivity contribution in [2.75, 3.05) is 5.73 Å². The number of aromatic amines is 1. The van der Waals surface area contributed by atoms with Crippen molar-refractivity contribution in [2.45, 2.75) is 20.3 Å². The molecule has 0 aliphatic carbocycles. The second kappa shape index (κ2) is 4.43. The van der Waals surface area contributed by atoms with Gasteiger partial charge in [-0.15, -0.1) is 0 Å². The van der Waals surface area contributed by atoms with Crippen LogP contribution in [0.25, 0.3) is 22.4 Å². The number of hydrogen-bond acceptors (Lipinski definition) is 2. The number of imidazole rings is 1. The van der Waals surface area contributed by atoms with E-state index in [0.717, 1.165) is 40.1 Å². The summed E-state index contributed by atoms with van der Waals surface area (Å²) in [6.07, 6.45) is 1.03. The fourth-order valence-corrected chi connectivity index (χ4v) is 2.20. The van der Waals surface area contributed by atoms with Gasteiger partial charge in [0.25, 0.3) is 0 Å². The number of fused-ring (bicyclic) bond motifs is 1. The standard InChI is InChI=1S/C16H17N3/c1-3-11-5-7-14-15(8-11)19-16(18-14)12-6-4-10(2)13(17)9-12/h4-9H,3,17H2,1-2H3,(H,18,19). The van der Waals surface area contributed by atoms with Crippen LogP contribution in [0.1, 0.15) is 18.1 Å². The highest BCUT2D eigenvalue weighted by Gasteiger charge is 2.06. The first-order valence-electron chi connectivity index (χ1n) is 6.52. The maximum atomic E-state index is 5.96. The lowest BCUT2D eigenvalue weighted by molar-refractivity contribution is 1.14. The molecule has 3 N–H and O–H groups in total. The molecule has 1 aromatic heterocycles. The predicted molar refractivity (Wildman–Crippen MR) is 80.1 cm³/mol. The topological polar surface area (TPSA) is 54.7 Å². The van der Waals surface area contributed by atoms with E-state index in [-0.39, 0.29) is 0 Å². The first-order valence-corrected chi connectivity index (χ1v) is 6.52. The Bertz CT molecular complexity index is 741.